The van der Waals surface area contributed by atoms with Crippen LogP contribution in [-0.4, -0.2) is 23.4 Å². The molecule has 0 spiro atoms. The molecule has 1 aromatic rings. The maximum Gasteiger partial charge on any atom is 0.426 e. The molecule has 104 valence electrons. The fraction of sp³-hybridized carbons (Fsp3) is 0.364. The third kappa shape index (κ3) is 2.60. The van der Waals surface area contributed by atoms with Gasteiger partial charge in [0, 0.05) is 0 Å². The van der Waals surface area contributed by atoms with E-state index in [1.165, 1.54) is 0 Å². The summed E-state index contributed by atoms with van der Waals surface area (Å²) in [5.74, 6) is -4.57. The normalized spacial score (nSPS) is 22.6. The summed E-state index contributed by atoms with van der Waals surface area (Å²) in [4.78, 5) is 10.9. The SMILES string of the molecule is O=C(O)[C@@H]1Cc2cc(F)cc(Cl)c2O[C@@H]1C(F)(F)F. The maximum absolute atomic E-state index is 13.1. The quantitative estimate of drug-likeness (QED) is 0.811. The second-order valence-corrected chi connectivity index (χ2v) is 4.51. The van der Waals surface area contributed by atoms with Crippen molar-refractivity contribution in [3.05, 3.63) is 28.5 Å². The number of hydrogen-bond donors (Lipinski definition) is 1. The maximum atomic E-state index is 13.1. The van der Waals surface area contributed by atoms with E-state index in [1.807, 2.05) is 0 Å². The van der Waals surface area contributed by atoms with E-state index in [-0.39, 0.29) is 16.3 Å². The van der Waals surface area contributed by atoms with Gasteiger partial charge in [-0.05, 0) is 24.1 Å². The third-order valence-electron chi connectivity index (χ3n) is 2.78. The molecule has 0 saturated heterocycles. The molecule has 8 heteroatoms. The summed E-state index contributed by atoms with van der Waals surface area (Å²) in [6.45, 7) is 0. The molecule has 0 radical (unpaired) electrons. The minimum atomic E-state index is -4.85. The van der Waals surface area contributed by atoms with Crippen LogP contribution in [0.1, 0.15) is 5.56 Å². The number of carbonyl (C=O) groups is 1. The molecule has 3 nitrogen and oxygen atoms in total. The second kappa shape index (κ2) is 4.56. The summed E-state index contributed by atoms with van der Waals surface area (Å²) in [6, 6.07) is 1.73. The van der Waals surface area contributed by atoms with Crippen LogP contribution in [0.2, 0.25) is 5.02 Å². The standard InChI is InChI=1S/C11H7ClF4O3/c12-7-3-5(13)1-4-2-6(10(17)18)9(11(14,15)16)19-8(4)7/h1,3,6,9H,2H2,(H,17,18)/t6-,9+/m1/s1. The van der Waals surface area contributed by atoms with Gasteiger partial charge >= 0.3 is 12.1 Å². The monoisotopic (exact) mass is 298 g/mol. The van der Waals surface area contributed by atoms with Crippen LogP contribution in [0.15, 0.2) is 12.1 Å². The van der Waals surface area contributed by atoms with Gasteiger partial charge in [-0.25, -0.2) is 4.39 Å². The number of rotatable bonds is 1. The van der Waals surface area contributed by atoms with Crippen molar-refractivity contribution < 1.29 is 32.2 Å². The van der Waals surface area contributed by atoms with Gasteiger partial charge in [-0.15, -0.1) is 0 Å². The number of hydrogen-bond acceptors (Lipinski definition) is 2. The summed E-state index contributed by atoms with van der Waals surface area (Å²) in [7, 11) is 0. The number of alkyl halides is 3. The fourth-order valence-electron chi connectivity index (χ4n) is 1.96. The number of carboxylic acid groups (broad SMARTS) is 1. The van der Waals surface area contributed by atoms with Crippen molar-refractivity contribution in [2.45, 2.75) is 18.7 Å². The first-order chi connectivity index (χ1) is 8.70. The number of aliphatic carboxylic acids is 1. The zero-order valence-electron chi connectivity index (χ0n) is 9.17. The number of benzene rings is 1. The van der Waals surface area contributed by atoms with Crippen LogP contribution in [0, 0.1) is 11.7 Å². The molecule has 1 N–H and O–H groups in total. The molecule has 0 aliphatic carbocycles. The molecule has 0 amide bonds. The van der Waals surface area contributed by atoms with Gasteiger partial charge in [-0.2, -0.15) is 13.2 Å². The van der Waals surface area contributed by atoms with Crippen LogP contribution in [0.25, 0.3) is 0 Å². The topological polar surface area (TPSA) is 46.5 Å². The highest BCUT2D eigenvalue weighted by molar-refractivity contribution is 6.32. The molecular formula is C11H7ClF4O3. The molecule has 0 saturated carbocycles. The summed E-state index contributed by atoms with van der Waals surface area (Å²) < 4.78 is 56.0. The Bertz CT molecular complexity index is 529. The first kappa shape index (κ1) is 13.9. The lowest BCUT2D eigenvalue weighted by Gasteiger charge is -2.32. The van der Waals surface area contributed by atoms with Gasteiger partial charge in [0.2, 0.25) is 6.10 Å². The van der Waals surface area contributed by atoms with Crippen molar-refractivity contribution in [3.63, 3.8) is 0 Å². The fourth-order valence-corrected chi connectivity index (χ4v) is 2.23. The van der Waals surface area contributed by atoms with Crippen molar-refractivity contribution >= 4 is 17.6 Å². The Morgan fingerprint density at radius 1 is 1.42 bits per heavy atom. The Morgan fingerprint density at radius 2 is 2.05 bits per heavy atom. The zero-order chi connectivity index (χ0) is 14.4. The van der Waals surface area contributed by atoms with Gasteiger partial charge in [0.05, 0.1) is 5.02 Å². The highest BCUT2D eigenvalue weighted by Crippen LogP contribution is 2.42. The van der Waals surface area contributed by atoms with E-state index in [9.17, 15) is 22.4 Å². The molecule has 0 bridgehead atoms. The van der Waals surface area contributed by atoms with Crippen molar-refractivity contribution in [2.75, 3.05) is 0 Å². The molecule has 0 unspecified atom stereocenters. The van der Waals surface area contributed by atoms with Crippen LogP contribution in [-0.2, 0) is 11.2 Å². The Morgan fingerprint density at radius 3 is 2.58 bits per heavy atom. The first-order valence-electron chi connectivity index (χ1n) is 5.14. The Balaban J connectivity index is 2.48. The lowest BCUT2D eigenvalue weighted by atomic mass is 9.90. The zero-order valence-corrected chi connectivity index (χ0v) is 9.93. The van der Waals surface area contributed by atoms with Crippen LogP contribution in [0.3, 0.4) is 0 Å². The van der Waals surface area contributed by atoms with Crippen LogP contribution in [0.4, 0.5) is 17.6 Å². The number of fused-ring (bicyclic) bond motifs is 1. The predicted molar refractivity (Wildman–Crippen MR) is 56.7 cm³/mol. The van der Waals surface area contributed by atoms with Crippen molar-refractivity contribution in [2.24, 2.45) is 5.92 Å². The van der Waals surface area contributed by atoms with Crippen LogP contribution >= 0.6 is 11.6 Å². The lowest BCUT2D eigenvalue weighted by molar-refractivity contribution is -0.217. The Kier molecular flexibility index (Phi) is 3.34. The van der Waals surface area contributed by atoms with Crippen LogP contribution in [0.5, 0.6) is 5.75 Å². The molecular weight excluding hydrogens is 292 g/mol. The largest absolute Gasteiger partial charge is 0.481 e. The first-order valence-corrected chi connectivity index (χ1v) is 5.52. The molecule has 2 rings (SSSR count). The highest BCUT2D eigenvalue weighted by Gasteiger charge is 2.52. The third-order valence-corrected chi connectivity index (χ3v) is 3.06. The summed E-state index contributed by atoms with van der Waals surface area (Å²) in [6.07, 6.45) is -7.84. The van der Waals surface area contributed by atoms with E-state index in [1.54, 1.807) is 0 Å². The summed E-state index contributed by atoms with van der Waals surface area (Å²) in [5.41, 5.74) is 0.0119. The summed E-state index contributed by atoms with van der Waals surface area (Å²) in [5, 5.41) is 8.52. The van der Waals surface area contributed by atoms with Gasteiger partial charge in [0.15, 0.2) is 0 Å². The minimum absolute atomic E-state index is 0.0119. The van der Waals surface area contributed by atoms with Gasteiger partial charge in [-0.3, -0.25) is 4.79 Å². The van der Waals surface area contributed by atoms with Gasteiger partial charge in [0.25, 0.3) is 0 Å². The second-order valence-electron chi connectivity index (χ2n) is 4.10. The Hall–Kier alpha value is -1.50. The predicted octanol–water partition coefficient (Wildman–Crippen LogP) is 3.05. The summed E-state index contributed by atoms with van der Waals surface area (Å²) >= 11 is 5.61. The minimum Gasteiger partial charge on any atom is -0.481 e. The molecule has 1 aliphatic heterocycles. The van der Waals surface area contributed by atoms with E-state index in [0.29, 0.717) is 0 Å². The average molecular weight is 299 g/mol. The van der Waals surface area contributed by atoms with Crippen LogP contribution < -0.4 is 4.74 Å². The number of carboxylic acids is 1. The van der Waals surface area contributed by atoms with Crippen molar-refractivity contribution in [1.82, 2.24) is 0 Å². The highest BCUT2D eigenvalue weighted by atomic mass is 35.5. The molecule has 1 heterocycles. The van der Waals surface area contributed by atoms with Gasteiger partial charge in [-0.1, -0.05) is 11.6 Å². The van der Waals surface area contributed by atoms with E-state index >= 15 is 0 Å². The van der Waals surface area contributed by atoms with E-state index in [0.717, 1.165) is 12.1 Å². The molecule has 0 aromatic heterocycles. The van der Waals surface area contributed by atoms with Crippen molar-refractivity contribution in [3.8, 4) is 5.75 Å². The molecule has 19 heavy (non-hydrogen) atoms. The Labute approximate surface area is 109 Å². The smallest absolute Gasteiger partial charge is 0.426 e. The van der Waals surface area contributed by atoms with E-state index < -0.39 is 36.4 Å². The van der Waals surface area contributed by atoms with E-state index in [4.69, 9.17) is 16.7 Å². The molecule has 1 aromatic carbocycles. The average Bonchev–Trinajstić information content (AvgIpc) is 2.25. The molecule has 0 fully saturated rings. The number of ether oxygens (including phenoxy) is 1. The van der Waals surface area contributed by atoms with Gasteiger partial charge in [0.1, 0.15) is 17.5 Å². The van der Waals surface area contributed by atoms with Crippen molar-refractivity contribution in [1.29, 1.82) is 0 Å². The van der Waals surface area contributed by atoms with E-state index in [2.05, 4.69) is 4.74 Å². The number of halogens is 5. The lowest BCUT2D eigenvalue weighted by Crippen LogP contribution is -2.47. The molecule has 1 aliphatic rings. The molecule has 2 atom stereocenters. The van der Waals surface area contributed by atoms with Gasteiger partial charge < -0.3 is 9.84 Å².